The highest BCUT2D eigenvalue weighted by molar-refractivity contribution is 5.30. The number of hydrogen-bond donors (Lipinski definition) is 1. The highest BCUT2D eigenvalue weighted by Crippen LogP contribution is 2.30. The van der Waals surface area contributed by atoms with Gasteiger partial charge in [-0.15, -0.1) is 0 Å². The minimum absolute atomic E-state index is 0.269. The molecule has 0 aromatic heterocycles. The largest absolute Gasteiger partial charge is 0.320 e. The Kier molecular flexibility index (Phi) is 5.76. The Morgan fingerprint density at radius 2 is 1.41 bits per heavy atom. The summed E-state index contributed by atoms with van der Waals surface area (Å²) in [6, 6.07) is 21.3. The van der Waals surface area contributed by atoms with Gasteiger partial charge in [0.15, 0.2) is 0 Å². The van der Waals surface area contributed by atoms with Gasteiger partial charge < -0.3 is 5.73 Å². The predicted molar refractivity (Wildman–Crippen MR) is 94.8 cm³/mol. The standard InChI is InChI=1S/C20H28N2/c1-4-22(5-2)17(3)20(21,19-14-10-7-11-15-19)16-18-12-8-6-9-13-18/h6-15,17H,4-5,16,21H2,1-3H3. The lowest BCUT2D eigenvalue weighted by Crippen LogP contribution is -2.56. The summed E-state index contributed by atoms with van der Waals surface area (Å²) in [5, 5.41) is 0. The highest BCUT2D eigenvalue weighted by Gasteiger charge is 2.36. The molecule has 2 N–H and O–H groups in total. The third kappa shape index (κ3) is 3.57. The Bertz CT molecular complexity index is 548. The van der Waals surface area contributed by atoms with E-state index in [1.165, 1.54) is 11.1 Å². The molecule has 2 atom stereocenters. The average Bonchev–Trinajstić information content (AvgIpc) is 2.57. The van der Waals surface area contributed by atoms with Crippen LogP contribution in [0.3, 0.4) is 0 Å². The maximum absolute atomic E-state index is 7.01. The monoisotopic (exact) mass is 296 g/mol. The summed E-state index contributed by atoms with van der Waals surface area (Å²) in [5.74, 6) is 0. The third-order valence-electron chi connectivity index (χ3n) is 4.76. The number of rotatable bonds is 7. The Labute approximate surface area is 135 Å². The first-order valence-corrected chi connectivity index (χ1v) is 8.24. The first kappa shape index (κ1) is 16.7. The van der Waals surface area contributed by atoms with Crippen molar-refractivity contribution in [1.82, 2.24) is 4.90 Å². The average molecular weight is 296 g/mol. The van der Waals surface area contributed by atoms with Gasteiger partial charge >= 0.3 is 0 Å². The summed E-state index contributed by atoms with van der Waals surface area (Å²) in [5.41, 5.74) is 9.10. The van der Waals surface area contributed by atoms with Crippen molar-refractivity contribution in [3.8, 4) is 0 Å². The summed E-state index contributed by atoms with van der Waals surface area (Å²) in [4.78, 5) is 2.44. The topological polar surface area (TPSA) is 29.3 Å². The zero-order chi connectivity index (χ0) is 16.0. The van der Waals surface area contributed by atoms with Crippen LogP contribution < -0.4 is 5.73 Å². The fraction of sp³-hybridized carbons (Fsp3) is 0.400. The smallest absolute Gasteiger partial charge is 0.0605 e. The molecular formula is C20H28N2. The highest BCUT2D eigenvalue weighted by atomic mass is 15.2. The molecule has 0 spiro atoms. The summed E-state index contributed by atoms with van der Waals surface area (Å²) >= 11 is 0. The molecule has 2 aromatic rings. The fourth-order valence-corrected chi connectivity index (χ4v) is 3.27. The van der Waals surface area contributed by atoms with E-state index in [2.05, 4.69) is 86.3 Å². The molecule has 0 amide bonds. The Balaban J connectivity index is 2.40. The van der Waals surface area contributed by atoms with Crippen molar-refractivity contribution in [2.45, 2.75) is 38.8 Å². The molecule has 0 heterocycles. The van der Waals surface area contributed by atoms with Gasteiger partial charge in [0.05, 0.1) is 5.54 Å². The van der Waals surface area contributed by atoms with Gasteiger partial charge in [0.25, 0.3) is 0 Å². The molecule has 2 nitrogen and oxygen atoms in total. The van der Waals surface area contributed by atoms with Crippen molar-refractivity contribution in [2.75, 3.05) is 13.1 Å². The van der Waals surface area contributed by atoms with E-state index in [1.807, 2.05) is 0 Å². The molecule has 0 saturated carbocycles. The van der Waals surface area contributed by atoms with E-state index in [4.69, 9.17) is 5.73 Å². The lowest BCUT2D eigenvalue weighted by Gasteiger charge is -2.42. The zero-order valence-corrected chi connectivity index (χ0v) is 14.0. The van der Waals surface area contributed by atoms with E-state index in [0.717, 1.165) is 19.5 Å². The molecule has 0 aliphatic carbocycles. The Morgan fingerprint density at radius 1 is 0.909 bits per heavy atom. The van der Waals surface area contributed by atoms with Gasteiger partial charge in [-0.2, -0.15) is 0 Å². The molecule has 2 aromatic carbocycles. The summed E-state index contributed by atoms with van der Waals surface area (Å²) in [7, 11) is 0. The van der Waals surface area contributed by atoms with Crippen LogP contribution in [-0.2, 0) is 12.0 Å². The van der Waals surface area contributed by atoms with Gasteiger partial charge in [0.1, 0.15) is 0 Å². The predicted octanol–water partition coefficient (Wildman–Crippen LogP) is 3.81. The molecule has 0 bridgehead atoms. The minimum atomic E-state index is -0.394. The second kappa shape index (κ2) is 7.57. The summed E-state index contributed by atoms with van der Waals surface area (Å²) < 4.78 is 0. The number of nitrogens with zero attached hydrogens (tertiary/aromatic N) is 1. The number of benzene rings is 2. The van der Waals surface area contributed by atoms with Crippen molar-refractivity contribution in [3.05, 3.63) is 71.8 Å². The van der Waals surface area contributed by atoms with Crippen molar-refractivity contribution in [2.24, 2.45) is 5.73 Å². The minimum Gasteiger partial charge on any atom is -0.320 e. The van der Waals surface area contributed by atoms with Crippen molar-refractivity contribution >= 4 is 0 Å². The van der Waals surface area contributed by atoms with Crippen LogP contribution in [-0.4, -0.2) is 24.0 Å². The lowest BCUT2D eigenvalue weighted by molar-refractivity contribution is 0.142. The van der Waals surface area contributed by atoms with Crippen LogP contribution in [0.2, 0.25) is 0 Å². The molecule has 0 aliphatic rings. The van der Waals surface area contributed by atoms with Gasteiger partial charge in [0, 0.05) is 6.04 Å². The molecule has 0 radical (unpaired) electrons. The van der Waals surface area contributed by atoms with Crippen LogP contribution in [0.25, 0.3) is 0 Å². The molecule has 22 heavy (non-hydrogen) atoms. The first-order valence-electron chi connectivity index (χ1n) is 8.24. The Morgan fingerprint density at radius 3 is 1.91 bits per heavy atom. The summed E-state index contributed by atoms with van der Waals surface area (Å²) in [6.07, 6.45) is 0.843. The molecular weight excluding hydrogens is 268 g/mol. The van der Waals surface area contributed by atoms with Crippen LogP contribution in [0, 0.1) is 0 Å². The Hall–Kier alpha value is -1.64. The molecule has 2 rings (SSSR count). The molecule has 118 valence electrons. The van der Waals surface area contributed by atoms with Gasteiger partial charge in [0.2, 0.25) is 0 Å². The maximum Gasteiger partial charge on any atom is 0.0605 e. The van der Waals surface area contributed by atoms with E-state index in [-0.39, 0.29) is 6.04 Å². The van der Waals surface area contributed by atoms with E-state index in [1.54, 1.807) is 0 Å². The van der Waals surface area contributed by atoms with Gasteiger partial charge in [-0.3, -0.25) is 4.90 Å². The fourth-order valence-electron chi connectivity index (χ4n) is 3.27. The number of hydrogen-bond acceptors (Lipinski definition) is 2. The van der Waals surface area contributed by atoms with Crippen LogP contribution in [0.15, 0.2) is 60.7 Å². The number of nitrogens with two attached hydrogens (primary N) is 1. The third-order valence-corrected chi connectivity index (χ3v) is 4.76. The van der Waals surface area contributed by atoms with Crippen LogP contribution in [0.1, 0.15) is 31.9 Å². The SMILES string of the molecule is CCN(CC)C(C)C(N)(Cc1ccccc1)c1ccccc1. The van der Waals surface area contributed by atoms with Gasteiger partial charge in [-0.1, -0.05) is 74.5 Å². The van der Waals surface area contributed by atoms with Gasteiger partial charge in [-0.25, -0.2) is 0 Å². The maximum atomic E-state index is 7.01. The van der Waals surface area contributed by atoms with E-state index < -0.39 is 5.54 Å². The van der Waals surface area contributed by atoms with Crippen molar-refractivity contribution in [3.63, 3.8) is 0 Å². The van der Waals surface area contributed by atoms with Crippen LogP contribution in [0.5, 0.6) is 0 Å². The second-order valence-corrected chi connectivity index (χ2v) is 5.97. The van der Waals surface area contributed by atoms with Crippen LogP contribution >= 0.6 is 0 Å². The summed E-state index contributed by atoms with van der Waals surface area (Å²) in [6.45, 7) is 8.68. The molecule has 0 aliphatic heterocycles. The molecule has 2 unspecified atom stereocenters. The van der Waals surface area contributed by atoms with Crippen molar-refractivity contribution in [1.29, 1.82) is 0 Å². The van der Waals surface area contributed by atoms with Gasteiger partial charge in [-0.05, 0) is 37.6 Å². The van der Waals surface area contributed by atoms with Crippen molar-refractivity contribution < 1.29 is 0 Å². The van der Waals surface area contributed by atoms with Crippen LogP contribution in [0.4, 0.5) is 0 Å². The normalized spacial score (nSPS) is 15.5. The second-order valence-electron chi connectivity index (χ2n) is 5.97. The quantitative estimate of drug-likeness (QED) is 0.842. The molecule has 0 saturated heterocycles. The lowest BCUT2D eigenvalue weighted by atomic mass is 9.78. The van der Waals surface area contributed by atoms with E-state index in [0.29, 0.717) is 0 Å². The molecule has 2 heteroatoms. The van der Waals surface area contributed by atoms with E-state index in [9.17, 15) is 0 Å². The molecule has 0 fully saturated rings. The van der Waals surface area contributed by atoms with E-state index >= 15 is 0 Å². The number of likely N-dealkylation sites (N-methyl/N-ethyl adjacent to an activating group) is 1. The first-order chi connectivity index (χ1) is 10.6. The zero-order valence-electron chi connectivity index (χ0n) is 14.0.